The summed E-state index contributed by atoms with van der Waals surface area (Å²) < 4.78 is 90.6. The summed E-state index contributed by atoms with van der Waals surface area (Å²) in [5.74, 6) is -0.785. The van der Waals surface area contributed by atoms with Crippen LogP contribution in [0.5, 0.6) is 0 Å². The van der Waals surface area contributed by atoms with Crippen LogP contribution in [0.15, 0.2) is 52.3 Å². The summed E-state index contributed by atoms with van der Waals surface area (Å²) >= 11 is 0.556. The van der Waals surface area contributed by atoms with Crippen LogP contribution in [0, 0.1) is 0 Å². The van der Waals surface area contributed by atoms with Crippen LogP contribution in [0.3, 0.4) is 0 Å². The molecule has 0 spiro atoms. The maximum Gasteiger partial charge on any atom is 0.418 e. The van der Waals surface area contributed by atoms with Crippen molar-refractivity contribution in [3.8, 4) is 0 Å². The largest absolute Gasteiger partial charge is 0.418 e. The van der Waals surface area contributed by atoms with Gasteiger partial charge in [0, 0.05) is 74.0 Å². The topological polar surface area (TPSA) is 82.2 Å². The first-order valence-corrected chi connectivity index (χ1v) is 14.9. The van der Waals surface area contributed by atoms with Gasteiger partial charge in [0.05, 0.1) is 11.1 Å². The monoisotopic (exact) mass is 658 g/mol. The molecule has 2 aliphatic rings. The number of hydrogen-bond donors (Lipinski definition) is 1. The van der Waals surface area contributed by atoms with E-state index >= 15 is 0 Å². The van der Waals surface area contributed by atoms with Crippen molar-refractivity contribution in [1.29, 1.82) is 0 Å². The minimum atomic E-state index is -5.37. The third-order valence-corrected chi connectivity index (χ3v) is 8.54. The first-order chi connectivity index (χ1) is 21.3. The van der Waals surface area contributed by atoms with E-state index in [1.165, 1.54) is 23.0 Å². The lowest BCUT2D eigenvalue weighted by Crippen LogP contribution is -2.47. The Kier molecular flexibility index (Phi) is 11.1. The van der Waals surface area contributed by atoms with Gasteiger partial charge >= 0.3 is 12.4 Å². The molecule has 2 aromatic carbocycles. The van der Waals surface area contributed by atoms with Gasteiger partial charge in [0.1, 0.15) is 6.61 Å². The lowest BCUT2D eigenvalue weighted by Gasteiger charge is -2.32. The molecule has 0 unspecified atom stereocenters. The lowest BCUT2D eigenvalue weighted by molar-refractivity contribution is -0.163. The lowest BCUT2D eigenvalue weighted by atomic mass is 9.99. The van der Waals surface area contributed by atoms with E-state index < -0.39 is 39.8 Å². The number of nitrogens with zero attached hydrogens (tertiary/aromatic N) is 3. The molecule has 2 heterocycles. The Bertz CT molecular complexity index is 1400. The molecule has 8 nitrogen and oxygen atoms in total. The number of nitrogens with one attached hydrogen (secondary N) is 1. The summed E-state index contributed by atoms with van der Waals surface area (Å²) in [6.07, 6.45) is -7.27. The summed E-state index contributed by atoms with van der Waals surface area (Å²) in [6, 6.07) is 8.27. The van der Waals surface area contributed by atoms with Gasteiger partial charge in [0.2, 0.25) is 18.2 Å². The number of alkyl halides is 6. The van der Waals surface area contributed by atoms with E-state index in [0.717, 1.165) is 24.3 Å². The third-order valence-electron chi connectivity index (χ3n) is 7.49. The zero-order valence-electron chi connectivity index (χ0n) is 24.3. The summed E-state index contributed by atoms with van der Waals surface area (Å²) in [5, 5.41) is 3.30. The molecule has 4 rings (SSSR count). The molecule has 0 aromatic heterocycles. The number of piperidine rings is 1. The molecule has 0 radical (unpaired) electrons. The van der Waals surface area contributed by atoms with Crippen LogP contribution in [-0.4, -0.2) is 92.0 Å². The molecule has 0 saturated carbocycles. The number of carbonyl (C=O) groups excluding carboxylic acids is 3. The van der Waals surface area contributed by atoms with E-state index in [1.54, 1.807) is 23.1 Å². The highest BCUT2D eigenvalue weighted by Crippen LogP contribution is 2.48. The van der Waals surface area contributed by atoms with E-state index in [0.29, 0.717) is 54.7 Å². The van der Waals surface area contributed by atoms with Gasteiger partial charge in [-0.15, -0.1) is 0 Å². The number of rotatable bonds is 9. The Labute approximate surface area is 260 Å². The number of likely N-dealkylation sites (tertiary alicyclic amines) is 1. The second-order valence-electron chi connectivity index (χ2n) is 10.6. The molecule has 1 N–H and O–H groups in total. The Morgan fingerprint density at radius 2 is 1.60 bits per heavy atom. The molecule has 2 aliphatic heterocycles. The Morgan fingerprint density at radius 1 is 0.933 bits per heavy atom. The van der Waals surface area contributed by atoms with Crippen LogP contribution in [0.1, 0.15) is 29.5 Å². The van der Waals surface area contributed by atoms with E-state index in [4.69, 9.17) is 4.74 Å². The number of benzene rings is 2. The third kappa shape index (κ3) is 8.93. The number of methoxy groups -OCH3 is 1. The Balaban J connectivity index is 1.55. The Morgan fingerprint density at radius 3 is 2.20 bits per heavy atom. The first-order valence-electron chi connectivity index (χ1n) is 14.1. The second kappa shape index (κ2) is 14.6. The number of amides is 3. The highest BCUT2D eigenvalue weighted by atomic mass is 32.2. The number of hydrogen-bond acceptors (Lipinski definition) is 6. The van der Waals surface area contributed by atoms with Crippen molar-refractivity contribution in [2.24, 2.45) is 0 Å². The minimum Gasteiger partial charge on any atom is -0.382 e. The van der Waals surface area contributed by atoms with Crippen molar-refractivity contribution in [2.75, 3.05) is 58.3 Å². The number of carbonyl (C=O) groups is 3. The zero-order valence-corrected chi connectivity index (χ0v) is 25.1. The van der Waals surface area contributed by atoms with Crippen molar-refractivity contribution in [3.05, 3.63) is 59.2 Å². The van der Waals surface area contributed by atoms with Gasteiger partial charge in [-0.05, 0) is 48.7 Å². The number of anilines is 1. The van der Waals surface area contributed by atoms with Crippen LogP contribution < -0.4 is 5.32 Å². The van der Waals surface area contributed by atoms with Gasteiger partial charge in [-0.25, -0.2) is 0 Å². The normalized spacial score (nSPS) is 16.7. The van der Waals surface area contributed by atoms with Gasteiger partial charge in [0.15, 0.2) is 0 Å². The summed E-state index contributed by atoms with van der Waals surface area (Å²) in [4.78, 5) is 39.6. The molecular weight excluding hydrogens is 626 g/mol. The van der Waals surface area contributed by atoms with Crippen LogP contribution >= 0.6 is 11.8 Å². The molecule has 2 fully saturated rings. The van der Waals surface area contributed by atoms with Gasteiger partial charge in [-0.3, -0.25) is 14.4 Å². The van der Waals surface area contributed by atoms with E-state index in [2.05, 4.69) is 5.32 Å². The van der Waals surface area contributed by atoms with Gasteiger partial charge < -0.3 is 24.8 Å². The molecule has 0 bridgehead atoms. The van der Waals surface area contributed by atoms with Crippen LogP contribution in [-0.2, 0) is 31.5 Å². The predicted octanol–water partition coefficient (Wildman–Crippen LogP) is 5.24. The van der Waals surface area contributed by atoms with Crippen molar-refractivity contribution >= 4 is 41.7 Å². The van der Waals surface area contributed by atoms with E-state index in [1.807, 2.05) is 0 Å². The maximum absolute atomic E-state index is 14.3. The smallest absolute Gasteiger partial charge is 0.382 e. The molecule has 0 aliphatic carbocycles. The number of halogens is 6. The zero-order chi connectivity index (χ0) is 32.8. The summed E-state index contributed by atoms with van der Waals surface area (Å²) in [5.41, 5.74) is -3.91. The van der Waals surface area contributed by atoms with Gasteiger partial charge in [-0.2, -0.15) is 26.3 Å². The van der Waals surface area contributed by atoms with Crippen molar-refractivity contribution in [3.63, 3.8) is 0 Å². The number of piperazine rings is 1. The van der Waals surface area contributed by atoms with Crippen molar-refractivity contribution in [2.45, 2.75) is 41.0 Å². The van der Waals surface area contributed by atoms with Crippen LogP contribution in [0.4, 0.5) is 32.0 Å². The molecule has 0 atom stereocenters. The fourth-order valence-electron chi connectivity index (χ4n) is 5.22. The fraction of sp³-hybridized carbons (Fsp3) is 0.433. The highest BCUT2D eigenvalue weighted by molar-refractivity contribution is 7.99. The van der Waals surface area contributed by atoms with Crippen molar-refractivity contribution < 1.29 is 45.5 Å². The fourth-order valence-corrected chi connectivity index (χ4v) is 6.27. The number of ether oxygens (including phenoxy) is 1. The molecule has 15 heteroatoms. The molecular formula is C30H32F6N4O4S. The molecule has 2 aromatic rings. The average molecular weight is 659 g/mol. The predicted molar refractivity (Wildman–Crippen MR) is 155 cm³/mol. The minimum absolute atomic E-state index is 0.0102. The maximum atomic E-state index is 14.3. The molecule has 3 amide bonds. The second-order valence-corrected chi connectivity index (χ2v) is 11.7. The summed E-state index contributed by atoms with van der Waals surface area (Å²) in [7, 11) is 1.44. The van der Waals surface area contributed by atoms with Gasteiger partial charge in [0.25, 0.3) is 0 Å². The average Bonchev–Trinajstić information content (AvgIpc) is 2.99. The SMILES string of the molecule is COCC(=O)N1CCC(Nc2cccc(Sc3ccc(C=CC(=O)N4CCN(C=O)CC4)c(C(F)(F)F)c3C(F)(F)F)c2)CC1. The highest BCUT2D eigenvalue weighted by Gasteiger charge is 2.46. The van der Waals surface area contributed by atoms with Crippen LogP contribution in [0.2, 0.25) is 0 Å². The molecule has 45 heavy (non-hydrogen) atoms. The van der Waals surface area contributed by atoms with Crippen LogP contribution in [0.25, 0.3) is 6.08 Å². The molecule has 2 saturated heterocycles. The van der Waals surface area contributed by atoms with E-state index in [9.17, 15) is 40.7 Å². The standard InChI is InChI=1S/C30H32F6N4O4S/c1-44-18-26(43)39-11-9-21(10-12-39)37-22-3-2-4-23(17-22)45-24-7-5-20(27(29(31,32)33)28(24)30(34,35)36)6-8-25(42)40-15-13-38(19-41)14-16-40/h2-8,17,19,21,37H,9-16,18H2,1H3. The molecule has 244 valence electrons. The van der Waals surface area contributed by atoms with Crippen molar-refractivity contribution in [1.82, 2.24) is 14.7 Å². The first kappa shape index (κ1) is 34.2. The van der Waals surface area contributed by atoms with E-state index in [-0.39, 0.29) is 44.7 Å². The Hall–Kier alpha value is -3.72. The van der Waals surface area contributed by atoms with Gasteiger partial charge in [-0.1, -0.05) is 23.9 Å². The summed E-state index contributed by atoms with van der Waals surface area (Å²) in [6.45, 7) is 1.79. The quantitative estimate of drug-likeness (QED) is 0.226.